The largest absolute Gasteiger partial charge is 0.354 e. The molecule has 1 aliphatic carbocycles. The van der Waals surface area contributed by atoms with Gasteiger partial charge in [-0.05, 0) is 44.2 Å². The molecule has 2 fully saturated rings. The molecule has 3 heterocycles. The van der Waals surface area contributed by atoms with Gasteiger partial charge in [-0.25, -0.2) is 14.6 Å². The third-order valence-corrected chi connectivity index (χ3v) is 7.34. The molecule has 2 aromatic rings. The number of nitrogens with two attached hydrogens (primary N) is 1. The van der Waals surface area contributed by atoms with Crippen LogP contribution in [-0.4, -0.2) is 53.5 Å². The summed E-state index contributed by atoms with van der Waals surface area (Å²) in [5.41, 5.74) is 2.25. The molecular formula is C16H23ClN6O2S. The van der Waals surface area contributed by atoms with E-state index in [2.05, 4.69) is 15.0 Å². The first kappa shape index (κ1) is 18.0. The lowest BCUT2D eigenvalue weighted by Gasteiger charge is -2.54. The average Bonchev–Trinajstić information content (AvgIpc) is 2.86. The van der Waals surface area contributed by atoms with E-state index in [9.17, 15) is 8.42 Å². The lowest BCUT2D eigenvalue weighted by molar-refractivity contribution is 0.103. The number of aryl methyl sites for hydroxylation is 1. The van der Waals surface area contributed by atoms with Crippen molar-refractivity contribution in [1.29, 1.82) is 0 Å². The van der Waals surface area contributed by atoms with Crippen molar-refractivity contribution < 1.29 is 8.42 Å². The summed E-state index contributed by atoms with van der Waals surface area (Å²) < 4.78 is 26.1. The third-order valence-electron chi connectivity index (χ3n) is 5.97. The molecule has 8 nitrogen and oxygen atoms in total. The maximum Gasteiger partial charge on any atom is 0.276 e. The van der Waals surface area contributed by atoms with Gasteiger partial charge in [0, 0.05) is 31.6 Å². The minimum atomic E-state index is -3.62. The topological polar surface area (TPSA) is 96.8 Å². The van der Waals surface area contributed by atoms with Gasteiger partial charge >= 0.3 is 0 Å². The maximum atomic E-state index is 11.5. The fourth-order valence-electron chi connectivity index (χ4n) is 4.41. The van der Waals surface area contributed by atoms with Crippen molar-refractivity contribution in [1.82, 2.24) is 18.9 Å². The Hall–Kier alpha value is -1.42. The number of hydrogen-bond acceptors (Lipinski definition) is 5. The maximum absolute atomic E-state index is 11.5. The Morgan fingerprint density at radius 3 is 2.62 bits per heavy atom. The summed E-state index contributed by atoms with van der Waals surface area (Å²) in [4.78, 5) is 6.76. The molecule has 0 bridgehead atoms. The van der Waals surface area contributed by atoms with E-state index in [1.807, 2.05) is 13.0 Å². The molecule has 2 aromatic heterocycles. The Bertz CT molecular complexity index is 943. The van der Waals surface area contributed by atoms with Crippen LogP contribution in [0.5, 0.6) is 0 Å². The lowest BCUT2D eigenvalue weighted by atomic mass is 9.67. The summed E-state index contributed by atoms with van der Waals surface area (Å²) in [6, 6.07) is 1.90. The highest BCUT2D eigenvalue weighted by Crippen LogP contribution is 2.47. The molecule has 1 saturated carbocycles. The molecule has 1 saturated heterocycles. The van der Waals surface area contributed by atoms with E-state index < -0.39 is 10.2 Å². The molecule has 0 unspecified atom stereocenters. The van der Waals surface area contributed by atoms with E-state index in [0.29, 0.717) is 5.15 Å². The third kappa shape index (κ3) is 2.87. The van der Waals surface area contributed by atoms with E-state index in [1.54, 1.807) is 11.6 Å². The van der Waals surface area contributed by atoms with Gasteiger partial charge in [0.2, 0.25) is 0 Å². The Kier molecular flexibility index (Phi) is 4.18. The molecule has 0 aromatic carbocycles. The standard InChI is InChI=1S/C16H23ClN6O2S/c1-11-7-13(17)23-14(11)15(19-10-20-23)22-8-16(9-22)5-3-12(4-6-16)21(2)26(18,24)25/h7,10,12H,3-6,8-9H2,1-2H3,(H2,18,24,25). The van der Waals surface area contributed by atoms with Crippen LogP contribution in [0.4, 0.5) is 5.82 Å². The van der Waals surface area contributed by atoms with Crippen LogP contribution in [-0.2, 0) is 10.2 Å². The molecule has 2 N–H and O–H groups in total. The fraction of sp³-hybridized carbons (Fsp3) is 0.625. The first-order valence-corrected chi connectivity index (χ1v) is 10.6. The molecule has 142 valence electrons. The molecule has 2 aliphatic rings. The highest BCUT2D eigenvalue weighted by atomic mass is 35.5. The van der Waals surface area contributed by atoms with Gasteiger partial charge in [0.25, 0.3) is 10.2 Å². The van der Waals surface area contributed by atoms with E-state index in [-0.39, 0.29) is 11.5 Å². The van der Waals surface area contributed by atoms with Crippen LogP contribution in [0.1, 0.15) is 31.2 Å². The van der Waals surface area contributed by atoms with Crippen LogP contribution >= 0.6 is 11.6 Å². The summed E-state index contributed by atoms with van der Waals surface area (Å²) in [6.07, 6.45) is 5.22. The zero-order valence-electron chi connectivity index (χ0n) is 14.9. The Balaban J connectivity index is 1.47. The smallest absolute Gasteiger partial charge is 0.276 e. The second kappa shape index (κ2) is 6.05. The summed E-state index contributed by atoms with van der Waals surface area (Å²) in [5, 5.41) is 10.1. The second-order valence-electron chi connectivity index (χ2n) is 7.64. The minimum Gasteiger partial charge on any atom is -0.354 e. The van der Waals surface area contributed by atoms with Gasteiger partial charge in [-0.1, -0.05) is 11.6 Å². The number of nitrogens with zero attached hydrogens (tertiary/aromatic N) is 5. The first-order chi connectivity index (χ1) is 12.2. The molecule has 1 aliphatic heterocycles. The average molecular weight is 399 g/mol. The fourth-order valence-corrected chi connectivity index (χ4v) is 5.32. The highest BCUT2D eigenvalue weighted by Gasteiger charge is 2.47. The second-order valence-corrected chi connectivity index (χ2v) is 9.64. The van der Waals surface area contributed by atoms with Crippen LogP contribution in [0.2, 0.25) is 5.15 Å². The molecule has 0 amide bonds. The Labute approximate surface area is 158 Å². The van der Waals surface area contributed by atoms with Crippen LogP contribution in [0.15, 0.2) is 12.4 Å². The number of anilines is 1. The van der Waals surface area contributed by atoms with Gasteiger partial charge in [0.1, 0.15) is 17.0 Å². The zero-order valence-corrected chi connectivity index (χ0v) is 16.5. The van der Waals surface area contributed by atoms with Crippen LogP contribution in [0.3, 0.4) is 0 Å². The molecular weight excluding hydrogens is 376 g/mol. The zero-order chi connectivity index (χ0) is 18.7. The minimum absolute atomic E-state index is 0.00196. The highest BCUT2D eigenvalue weighted by molar-refractivity contribution is 7.86. The van der Waals surface area contributed by atoms with Crippen molar-refractivity contribution in [3.05, 3.63) is 23.1 Å². The number of fused-ring (bicyclic) bond motifs is 1. The summed E-state index contributed by atoms with van der Waals surface area (Å²) >= 11 is 6.23. The summed E-state index contributed by atoms with van der Waals surface area (Å²) in [7, 11) is -2.05. The van der Waals surface area contributed by atoms with Crippen molar-refractivity contribution in [3.63, 3.8) is 0 Å². The van der Waals surface area contributed by atoms with E-state index in [0.717, 1.165) is 55.7 Å². The van der Waals surface area contributed by atoms with Gasteiger partial charge in [-0.15, -0.1) is 0 Å². The predicted octanol–water partition coefficient (Wildman–Crippen LogP) is 1.58. The van der Waals surface area contributed by atoms with E-state index in [1.165, 1.54) is 10.6 Å². The quantitative estimate of drug-likeness (QED) is 0.846. The van der Waals surface area contributed by atoms with Crippen molar-refractivity contribution in [2.45, 2.75) is 38.6 Å². The first-order valence-electron chi connectivity index (χ1n) is 8.70. The van der Waals surface area contributed by atoms with Crippen LogP contribution < -0.4 is 10.0 Å². The van der Waals surface area contributed by atoms with Gasteiger partial charge in [0.05, 0.1) is 0 Å². The van der Waals surface area contributed by atoms with E-state index in [4.69, 9.17) is 16.7 Å². The number of halogens is 1. The van der Waals surface area contributed by atoms with Gasteiger partial charge in [-0.2, -0.15) is 17.8 Å². The van der Waals surface area contributed by atoms with Crippen molar-refractivity contribution >= 4 is 33.1 Å². The molecule has 4 rings (SSSR count). The predicted molar refractivity (Wildman–Crippen MR) is 101 cm³/mol. The van der Waals surface area contributed by atoms with Gasteiger partial charge in [-0.3, -0.25) is 0 Å². The Morgan fingerprint density at radius 1 is 1.35 bits per heavy atom. The monoisotopic (exact) mass is 398 g/mol. The number of rotatable bonds is 3. The molecule has 0 radical (unpaired) electrons. The molecule has 1 spiro atoms. The van der Waals surface area contributed by atoms with Gasteiger partial charge < -0.3 is 4.90 Å². The molecule has 10 heteroatoms. The lowest BCUT2D eigenvalue weighted by Crippen LogP contribution is -2.59. The summed E-state index contributed by atoms with van der Waals surface area (Å²) in [5.74, 6) is 0.916. The number of hydrogen-bond donors (Lipinski definition) is 1. The van der Waals surface area contributed by atoms with Crippen molar-refractivity contribution in [3.8, 4) is 0 Å². The summed E-state index contributed by atoms with van der Waals surface area (Å²) in [6.45, 7) is 3.86. The SMILES string of the molecule is Cc1cc(Cl)n2ncnc(N3CC4(CCC(N(C)S(N)(=O)=O)CC4)C3)c12. The van der Waals surface area contributed by atoms with Crippen LogP contribution in [0.25, 0.3) is 5.52 Å². The van der Waals surface area contributed by atoms with E-state index >= 15 is 0 Å². The van der Waals surface area contributed by atoms with Crippen molar-refractivity contribution in [2.24, 2.45) is 10.6 Å². The number of aromatic nitrogens is 3. The molecule has 0 atom stereocenters. The van der Waals surface area contributed by atoms with Crippen molar-refractivity contribution in [2.75, 3.05) is 25.0 Å². The normalized spacial score (nSPS) is 20.9. The van der Waals surface area contributed by atoms with Gasteiger partial charge in [0.15, 0.2) is 5.82 Å². The van der Waals surface area contributed by atoms with Crippen LogP contribution in [0, 0.1) is 12.3 Å². The Morgan fingerprint density at radius 2 is 2.00 bits per heavy atom. The molecule has 26 heavy (non-hydrogen) atoms.